The van der Waals surface area contributed by atoms with E-state index in [2.05, 4.69) is 4.98 Å². The van der Waals surface area contributed by atoms with Crippen molar-refractivity contribution in [3.05, 3.63) is 52.2 Å². The Morgan fingerprint density at radius 3 is 2.67 bits per heavy atom. The maximum Gasteiger partial charge on any atom is 0.337 e. The molecule has 0 unspecified atom stereocenters. The van der Waals surface area contributed by atoms with Gasteiger partial charge in [-0.3, -0.25) is 10.1 Å². The van der Waals surface area contributed by atoms with Crippen LogP contribution in [-0.2, 0) is 0 Å². The molecule has 0 spiro atoms. The molecule has 0 radical (unpaired) electrons. The van der Waals surface area contributed by atoms with Crippen LogP contribution in [0, 0.1) is 10.1 Å². The van der Waals surface area contributed by atoms with Gasteiger partial charge < -0.3 is 9.84 Å². The average molecular weight is 306 g/mol. The molecule has 1 aromatic heterocycles. The van der Waals surface area contributed by atoms with E-state index in [4.69, 9.17) is 9.84 Å². The van der Waals surface area contributed by atoms with Gasteiger partial charge in [-0.05, 0) is 24.3 Å². The number of carboxylic acids is 1. The largest absolute Gasteiger partial charge is 0.490 e. The van der Waals surface area contributed by atoms with Crippen LogP contribution in [0.15, 0.2) is 46.5 Å². The van der Waals surface area contributed by atoms with Gasteiger partial charge >= 0.3 is 11.7 Å². The summed E-state index contributed by atoms with van der Waals surface area (Å²) in [5.74, 6) is -0.918. The molecule has 0 saturated carbocycles. The highest BCUT2D eigenvalue weighted by Crippen LogP contribution is 2.39. The summed E-state index contributed by atoms with van der Waals surface area (Å²) in [6.45, 7) is 0. The molecule has 0 fully saturated rings. The van der Waals surface area contributed by atoms with Gasteiger partial charge in [0, 0.05) is 6.20 Å². The number of nitro groups is 1. The Morgan fingerprint density at radius 2 is 2.14 bits per heavy atom. The summed E-state index contributed by atoms with van der Waals surface area (Å²) in [6, 6.07) is 7.61. The van der Waals surface area contributed by atoms with Crippen LogP contribution in [-0.4, -0.2) is 28.1 Å². The molecule has 0 aliphatic rings. The quantitative estimate of drug-likeness (QED) is 0.669. The monoisotopic (exact) mass is 306 g/mol. The number of hydrogen-bond donors (Lipinski definition) is 1. The van der Waals surface area contributed by atoms with Gasteiger partial charge in [-0.2, -0.15) is 0 Å². The van der Waals surface area contributed by atoms with Crippen molar-refractivity contribution in [2.45, 2.75) is 9.92 Å². The maximum absolute atomic E-state index is 11.1. The Morgan fingerprint density at radius 1 is 1.38 bits per heavy atom. The molecule has 0 bridgehead atoms. The fourth-order valence-corrected chi connectivity index (χ4v) is 2.49. The number of para-hydroxylation sites is 1. The second-order valence-electron chi connectivity index (χ2n) is 3.86. The molecule has 1 N–H and O–H groups in total. The van der Waals surface area contributed by atoms with Crippen molar-refractivity contribution in [2.75, 3.05) is 7.11 Å². The summed E-state index contributed by atoms with van der Waals surface area (Å²) in [5.41, 5.74) is -0.0893. The zero-order valence-electron chi connectivity index (χ0n) is 10.8. The minimum absolute atomic E-state index is 0.0551. The summed E-state index contributed by atoms with van der Waals surface area (Å²) < 4.78 is 4.98. The minimum atomic E-state index is -1.08. The Balaban J connectivity index is 2.35. The maximum atomic E-state index is 11.1. The highest BCUT2D eigenvalue weighted by molar-refractivity contribution is 7.99. The Kier molecular flexibility index (Phi) is 4.39. The number of nitro benzene ring substituents is 1. The summed E-state index contributed by atoms with van der Waals surface area (Å²) in [6.07, 6.45) is 1.21. The average Bonchev–Trinajstić information content (AvgIpc) is 2.47. The van der Waals surface area contributed by atoms with E-state index in [1.807, 2.05) is 0 Å². The third-order valence-corrected chi connectivity index (χ3v) is 3.56. The van der Waals surface area contributed by atoms with Gasteiger partial charge in [0.1, 0.15) is 5.03 Å². The number of methoxy groups -OCH3 is 1. The molecule has 0 aliphatic heterocycles. The molecule has 0 atom stereocenters. The van der Waals surface area contributed by atoms with E-state index < -0.39 is 10.9 Å². The first-order chi connectivity index (χ1) is 10.0. The predicted molar refractivity (Wildman–Crippen MR) is 75.0 cm³/mol. The zero-order valence-corrected chi connectivity index (χ0v) is 11.7. The molecule has 108 valence electrons. The van der Waals surface area contributed by atoms with E-state index in [-0.39, 0.29) is 17.0 Å². The Labute approximate surface area is 123 Å². The lowest BCUT2D eigenvalue weighted by molar-refractivity contribution is -0.388. The molecule has 0 saturated heterocycles. The number of ether oxygens (including phenoxy) is 1. The lowest BCUT2D eigenvalue weighted by Gasteiger charge is -2.06. The standard InChI is InChI=1S/C13H10N2O5S/c1-20-9-3-2-4-10(12(9)15(18)19)21-11-6-5-8(7-14-11)13(16)17/h2-7H,1H3,(H,16,17). The van der Waals surface area contributed by atoms with Crippen molar-refractivity contribution in [3.63, 3.8) is 0 Å². The summed E-state index contributed by atoms with van der Waals surface area (Å²) in [4.78, 5) is 25.7. The first kappa shape index (κ1) is 14.8. The highest BCUT2D eigenvalue weighted by Gasteiger charge is 2.21. The van der Waals surface area contributed by atoms with Gasteiger partial charge in [-0.15, -0.1) is 0 Å². The van der Waals surface area contributed by atoms with E-state index >= 15 is 0 Å². The zero-order chi connectivity index (χ0) is 15.4. The van der Waals surface area contributed by atoms with Crippen LogP contribution < -0.4 is 4.74 Å². The fraction of sp³-hybridized carbons (Fsp3) is 0.0769. The van der Waals surface area contributed by atoms with Gasteiger partial charge in [0.2, 0.25) is 0 Å². The SMILES string of the molecule is COc1cccc(Sc2ccc(C(=O)O)cn2)c1[N+](=O)[O-]. The second kappa shape index (κ2) is 6.23. The van der Waals surface area contributed by atoms with E-state index in [1.165, 1.54) is 31.5 Å². The van der Waals surface area contributed by atoms with Gasteiger partial charge in [-0.25, -0.2) is 9.78 Å². The van der Waals surface area contributed by atoms with Gasteiger partial charge in [-0.1, -0.05) is 17.8 Å². The van der Waals surface area contributed by atoms with Crippen LogP contribution in [0.4, 0.5) is 5.69 Å². The normalized spacial score (nSPS) is 10.1. The summed E-state index contributed by atoms with van der Waals surface area (Å²) >= 11 is 1.07. The number of aromatic carboxylic acids is 1. The minimum Gasteiger partial charge on any atom is -0.490 e. The second-order valence-corrected chi connectivity index (χ2v) is 4.92. The number of hydrogen-bond acceptors (Lipinski definition) is 6. The fourth-order valence-electron chi connectivity index (χ4n) is 1.61. The molecule has 1 aromatic carbocycles. The first-order valence-electron chi connectivity index (χ1n) is 5.71. The van der Waals surface area contributed by atoms with E-state index in [1.54, 1.807) is 12.1 Å². The van der Waals surface area contributed by atoms with Crippen molar-refractivity contribution >= 4 is 23.4 Å². The van der Waals surface area contributed by atoms with Crippen molar-refractivity contribution in [2.24, 2.45) is 0 Å². The van der Waals surface area contributed by atoms with Crippen LogP contribution >= 0.6 is 11.8 Å². The van der Waals surface area contributed by atoms with Crippen LogP contribution in [0.3, 0.4) is 0 Å². The Bertz CT molecular complexity index is 687. The van der Waals surface area contributed by atoms with E-state index in [0.717, 1.165) is 11.8 Å². The van der Waals surface area contributed by atoms with Crippen molar-refractivity contribution in [1.82, 2.24) is 4.98 Å². The van der Waals surface area contributed by atoms with Crippen molar-refractivity contribution in [3.8, 4) is 5.75 Å². The topological polar surface area (TPSA) is 103 Å². The molecule has 2 rings (SSSR count). The lowest BCUT2D eigenvalue weighted by atomic mass is 10.3. The van der Waals surface area contributed by atoms with Gasteiger partial charge in [0.05, 0.1) is 22.5 Å². The molecule has 0 amide bonds. The number of carbonyl (C=O) groups is 1. The first-order valence-corrected chi connectivity index (χ1v) is 6.53. The third-order valence-electron chi connectivity index (χ3n) is 2.56. The molecule has 0 aliphatic carbocycles. The molecule has 1 heterocycles. The number of carboxylic acid groups (broad SMARTS) is 1. The van der Waals surface area contributed by atoms with Crippen LogP contribution in [0.2, 0.25) is 0 Å². The van der Waals surface area contributed by atoms with Gasteiger partial charge in [0.25, 0.3) is 0 Å². The number of pyridine rings is 1. The third kappa shape index (κ3) is 3.29. The molecular weight excluding hydrogens is 296 g/mol. The number of aromatic nitrogens is 1. The highest BCUT2D eigenvalue weighted by atomic mass is 32.2. The van der Waals surface area contributed by atoms with E-state index in [0.29, 0.717) is 9.92 Å². The molecule has 2 aromatic rings. The van der Waals surface area contributed by atoms with E-state index in [9.17, 15) is 14.9 Å². The lowest BCUT2D eigenvalue weighted by Crippen LogP contribution is -1.97. The van der Waals surface area contributed by atoms with Crippen molar-refractivity contribution in [1.29, 1.82) is 0 Å². The van der Waals surface area contributed by atoms with Crippen LogP contribution in [0.25, 0.3) is 0 Å². The predicted octanol–water partition coefficient (Wildman–Crippen LogP) is 2.85. The Hall–Kier alpha value is -2.61. The summed E-state index contributed by atoms with van der Waals surface area (Å²) in [5, 5.41) is 20.4. The smallest absolute Gasteiger partial charge is 0.337 e. The summed E-state index contributed by atoms with van der Waals surface area (Å²) in [7, 11) is 1.36. The molecular formula is C13H10N2O5S. The number of nitrogens with zero attached hydrogens (tertiary/aromatic N) is 2. The van der Waals surface area contributed by atoms with Crippen LogP contribution in [0.5, 0.6) is 5.75 Å². The van der Waals surface area contributed by atoms with Gasteiger partial charge in [0.15, 0.2) is 5.75 Å². The van der Waals surface area contributed by atoms with Crippen LogP contribution in [0.1, 0.15) is 10.4 Å². The molecule has 21 heavy (non-hydrogen) atoms. The number of benzene rings is 1. The van der Waals surface area contributed by atoms with Crippen molar-refractivity contribution < 1.29 is 19.6 Å². The molecule has 8 heteroatoms. The number of rotatable bonds is 5. The molecule has 7 nitrogen and oxygen atoms in total.